The topological polar surface area (TPSA) is 75.3 Å². The normalized spacial score (nSPS) is 12.0. The SMILES string of the molecule is O=C(NNS(=O)(=O)c1cccc(C(F)(F)F)c1)c1ccc(F)cc1. The standard InChI is InChI=1S/C14H10F4N2O3S/c15-11-6-4-9(5-7-11)13(21)19-20-24(22,23)12-3-1-2-10(8-12)14(16,17)18/h1-8,20H,(H,19,21). The van der Waals surface area contributed by atoms with Crippen LogP contribution in [0, 0.1) is 5.82 Å². The summed E-state index contributed by atoms with van der Waals surface area (Å²) in [7, 11) is -4.41. The number of halogens is 4. The molecule has 0 aliphatic carbocycles. The molecule has 10 heteroatoms. The molecular weight excluding hydrogens is 352 g/mol. The van der Waals surface area contributed by atoms with Gasteiger partial charge in [0, 0.05) is 5.56 Å². The maximum Gasteiger partial charge on any atom is 0.416 e. The quantitative estimate of drug-likeness (QED) is 0.648. The molecule has 0 aliphatic rings. The van der Waals surface area contributed by atoms with Crippen LogP contribution in [0.25, 0.3) is 0 Å². The lowest BCUT2D eigenvalue weighted by atomic mass is 10.2. The van der Waals surface area contributed by atoms with Gasteiger partial charge in [0.05, 0.1) is 10.5 Å². The predicted octanol–water partition coefficient (Wildman–Crippen LogP) is 2.47. The molecule has 24 heavy (non-hydrogen) atoms. The van der Waals surface area contributed by atoms with E-state index in [0.29, 0.717) is 6.07 Å². The number of carbonyl (C=O) groups excluding carboxylic acids is 1. The van der Waals surface area contributed by atoms with E-state index in [4.69, 9.17) is 0 Å². The molecule has 2 rings (SSSR count). The number of benzene rings is 2. The van der Waals surface area contributed by atoms with Crippen molar-refractivity contribution in [2.75, 3.05) is 0 Å². The zero-order chi connectivity index (χ0) is 18.0. The van der Waals surface area contributed by atoms with E-state index in [2.05, 4.69) is 0 Å². The highest BCUT2D eigenvalue weighted by Gasteiger charge is 2.31. The minimum absolute atomic E-state index is 0.0388. The average molecular weight is 362 g/mol. The lowest BCUT2D eigenvalue weighted by molar-refractivity contribution is -0.137. The summed E-state index contributed by atoms with van der Waals surface area (Å²) in [6, 6.07) is 7.25. The number of rotatable bonds is 4. The van der Waals surface area contributed by atoms with Gasteiger partial charge in [0.2, 0.25) is 0 Å². The number of nitrogens with one attached hydrogen (secondary N) is 2. The van der Waals surface area contributed by atoms with E-state index in [1.807, 2.05) is 5.43 Å². The Hall–Kier alpha value is -2.46. The average Bonchev–Trinajstić information content (AvgIpc) is 2.53. The van der Waals surface area contributed by atoms with E-state index in [0.717, 1.165) is 42.5 Å². The number of amides is 1. The highest BCUT2D eigenvalue weighted by atomic mass is 32.2. The van der Waals surface area contributed by atoms with E-state index in [1.54, 1.807) is 4.83 Å². The van der Waals surface area contributed by atoms with E-state index >= 15 is 0 Å². The van der Waals surface area contributed by atoms with E-state index in [1.165, 1.54) is 0 Å². The fourth-order valence-electron chi connectivity index (χ4n) is 1.69. The Kier molecular flexibility index (Phi) is 4.90. The van der Waals surface area contributed by atoms with Gasteiger partial charge in [-0.2, -0.15) is 13.2 Å². The Labute approximate surface area is 134 Å². The minimum Gasteiger partial charge on any atom is -0.273 e. The summed E-state index contributed by atoms with van der Waals surface area (Å²) < 4.78 is 74.5. The number of alkyl halides is 3. The van der Waals surface area contributed by atoms with Gasteiger partial charge in [-0.1, -0.05) is 6.07 Å². The first-order valence-corrected chi connectivity index (χ1v) is 7.83. The summed E-state index contributed by atoms with van der Waals surface area (Å²) >= 11 is 0. The van der Waals surface area contributed by atoms with Crippen LogP contribution in [-0.4, -0.2) is 14.3 Å². The highest BCUT2D eigenvalue weighted by molar-refractivity contribution is 7.89. The molecular formula is C14H10F4N2O3S. The Morgan fingerprint density at radius 3 is 2.21 bits per heavy atom. The van der Waals surface area contributed by atoms with Gasteiger partial charge >= 0.3 is 6.18 Å². The lowest BCUT2D eigenvalue weighted by Crippen LogP contribution is -2.41. The summed E-state index contributed by atoms with van der Waals surface area (Å²) in [5.41, 5.74) is 0.653. The highest BCUT2D eigenvalue weighted by Crippen LogP contribution is 2.30. The Balaban J connectivity index is 2.14. The second-order valence-corrected chi connectivity index (χ2v) is 6.27. The zero-order valence-electron chi connectivity index (χ0n) is 11.8. The third-order valence-corrected chi connectivity index (χ3v) is 4.12. The Morgan fingerprint density at radius 1 is 1.00 bits per heavy atom. The van der Waals surface area contributed by atoms with Crippen molar-refractivity contribution >= 4 is 15.9 Å². The maximum absolute atomic E-state index is 12.7. The molecule has 2 aromatic rings. The molecule has 0 atom stereocenters. The van der Waals surface area contributed by atoms with Crippen molar-refractivity contribution in [1.82, 2.24) is 10.3 Å². The third kappa shape index (κ3) is 4.30. The first kappa shape index (κ1) is 17.9. The van der Waals surface area contributed by atoms with Crippen LogP contribution in [-0.2, 0) is 16.2 Å². The van der Waals surface area contributed by atoms with Gasteiger partial charge < -0.3 is 0 Å². The Bertz CT molecular complexity index is 849. The van der Waals surface area contributed by atoms with Crippen molar-refractivity contribution in [2.24, 2.45) is 0 Å². The molecule has 0 spiro atoms. The maximum atomic E-state index is 12.7. The fourth-order valence-corrected chi connectivity index (χ4v) is 2.57. The van der Waals surface area contributed by atoms with Gasteiger partial charge in [-0.05, 0) is 42.5 Å². The second kappa shape index (κ2) is 6.57. The molecule has 0 aromatic heterocycles. The summed E-state index contributed by atoms with van der Waals surface area (Å²) in [5, 5.41) is 0. The summed E-state index contributed by atoms with van der Waals surface area (Å²) in [6.45, 7) is 0. The predicted molar refractivity (Wildman–Crippen MR) is 75.6 cm³/mol. The Morgan fingerprint density at radius 2 is 1.62 bits per heavy atom. The summed E-state index contributed by atoms with van der Waals surface area (Å²) in [6.07, 6.45) is -4.71. The third-order valence-electron chi connectivity index (χ3n) is 2.88. The van der Waals surface area contributed by atoms with Crippen LogP contribution in [0.3, 0.4) is 0 Å². The van der Waals surface area contributed by atoms with Gasteiger partial charge in [-0.3, -0.25) is 10.2 Å². The molecule has 2 N–H and O–H groups in total. The van der Waals surface area contributed by atoms with Crippen molar-refractivity contribution in [1.29, 1.82) is 0 Å². The van der Waals surface area contributed by atoms with Crippen molar-refractivity contribution in [2.45, 2.75) is 11.1 Å². The molecule has 0 aliphatic heterocycles. The van der Waals surface area contributed by atoms with Crippen LogP contribution in [0.15, 0.2) is 53.4 Å². The molecule has 0 saturated heterocycles. The minimum atomic E-state index is -4.71. The number of sulfonamides is 1. The molecule has 0 unspecified atom stereocenters. The van der Waals surface area contributed by atoms with Gasteiger partial charge in [0.1, 0.15) is 5.82 Å². The fraction of sp³-hybridized carbons (Fsp3) is 0.0714. The van der Waals surface area contributed by atoms with Crippen molar-refractivity contribution < 1.29 is 30.8 Å². The van der Waals surface area contributed by atoms with Crippen molar-refractivity contribution in [3.63, 3.8) is 0 Å². The van der Waals surface area contributed by atoms with E-state index in [-0.39, 0.29) is 5.56 Å². The lowest BCUT2D eigenvalue weighted by Gasteiger charge is -2.11. The van der Waals surface area contributed by atoms with Gasteiger partial charge in [-0.25, -0.2) is 12.8 Å². The summed E-state index contributed by atoms with van der Waals surface area (Å²) in [5.74, 6) is -1.48. The van der Waals surface area contributed by atoms with Crippen LogP contribution < -0.4 is 10.3 Å². The summed E-state index contributed by atoms with van der Waals surface area (Å²) in [4.78, 5) is 12.7. The molecule has 0 radical (unpaired) electrons. The molecule has 5 nitrogen and oxygen atoms in total. The first-order chi connectivity index (χ1) is 11.1. The smallest absolute Gasteiger partial charge is 0.273 e. The number of hydrogen-bond acceptors (Lipinski definition) is 3. The molecule has 0 bridgehead atoms. The molecule has 2 aromatic carbocycles. The number of hydrogen-bond donors (Lipinski definition) is 2. The van der Waals surface area contributed by atoms with Crippen LogP contribution in [0.4, 0.5) is 17.6 Å². The second-order valence-electron chi connectivity index (χ2n) is 4.59. The molecule has 0 heterocycles. The van der Waals surface area contributed by atoms with Gasteiger partial charge in [0.15, 0.2) is 0 Å². The van der Waals surface area contributed by atoms with Gasteiger partial charge in [0.25, 0.3) is 15.9 Å². The largest absolute Gasteiger partial charge is 0.416 e. The monoisotopic (exact) mass is 362 g/mol. The van der Waals surface area contributed by atoms with Crippen LogP contribution in [0.2, 0.25) is 0 Å². The van der Waals surface area contributed by atoms with E-state index in [9.17, 15) is 30.8 Å². The van der Waals surface area contributed by atoms with E-state index < -0.39 is 38.4 Å². The molecule has 0 saturated carbocycles. The first-order valence-electron chi connectivity index (χ1n) is 6.34. The molecule has 0 fully saturated rings. The zero-order valence-corrected chi connectivity index (χ0v) is 12.6. The molecule has 1 amide bonds. The van der Waals surface area contributed by atoms with Crippen LogP contribution in [0.5, 0.6) is 0 Å². The van der Waals surface area contributed by atoms with Crippen molar-refractivity contribution in [3.8, 4) is 0 Å². The van der Waals surface area contributed by atoms with Crippen LogP contribution >= 0.6 is 0 Å². The van der Waals surface area contributed by atoms with Gasteiger partial charge in [-0.15, -0.1) is 4.83 Å². The van der Waals surface area contributed by atoms with Crippen molar-refractivity contribution in [3.05, 3.63) is 65.5 Å². The molecule has 128 valence electrons. The van der Waals surface area contributed by atoms with Crippen LogP contribution in [0.1, 0.15) is 15.9 Å². The number of hydrazine groups is 1. The number of carbonyl (C=O) groups is 1.